The maximum Gasteiger partial charge on any atom is 0.261 e. The number of rotatable bonds is 6. The molecule has 1 atom stereocenters. The van der Waals surface area contributed by atoms with Crippen molar-refractivity contribution < 1.29 is 22.7 Å². The first-order chi connectivity index (χ1) is 14.6. The Morgan fingerprint density at radius 2 is 2.00 bits per heavy atom. The van der Waals surface area contributed by atoms with Crippen LogP contribution < -0.4 is 4.74 Å². The van der Waals surface area contributed by atoms with Gasteiger partial charge in [-0.3, -0.25) is 4.79 Å². The van der Waals surface area contributed by atoms with Crippen LogP contribution in [0.1, 0.15) is 42.5 Å². The van der Waals surface area contributed by atoms with Gasteiger partial charge in [0.1, 0.15) is 17.6 Å². The zero-order chi connectivity index (χ0) is 20.9. The number of likely N-dealkylation sites (tertiary alicyclic amines) is 1. The molecule has 30 heavy (non-hydrogen) atoms. The van der Waals surface area contributed by atoms with E-state index in [0.29, 0.717) is 18.9 Å². The summed E-state index contributed by atoms with van der Waals surface area (Å²) >= 11 is 0. The zero-order valence-electron chi connectivity index (χ0n) is 16.4. The Kier molecular flexibility index (Phi) is 6.07. The molecular weight excluding hydrogens is 390 g/mol. The van der Waals surface area contributed by atoms with Gasteiger partial charge in [-0.05, 0) is 37.0 Å². The van der Waals surface area contributed by atoms with Crippen LogP contribution in [0.25, 0.3) is 0 Å². The molecule has 0 saturated carbocycles. The summed E-state index contributed by atoms with van der Waals surface area (Å²) in [6, 6.07) is 12.7. The minimum absolute atomic E-state index is 0.153. The van der Waals surface area contributed by atoms with Crippen molar-refractivity contribution in [3.63, 3.8) is 0 Å². The van der Waals surface area contributed by atoms with Gasteiger partial charge in [-0.2, -0.15) is 0 Å². The maximum atomic E-state index is 13.8. The van der Waals surface area contributed by atoms with E-state index in [9.17, 15) is 13.6 Å². The summed E-state index contributed by atoms with van der Waals surface area (Å²) in [5.41, 5.74) is 1.12. The lowest BCUT2D eigenvalue weighted by atomic mass is 10.0. The quantitative estimate of drug-likeness (QED) is 0.590. The molecule has 1 amide bonds. The van der Waals surface area contributed by atoms with E-state index in [2.05, 4.69) is 4.98 Å². The summed E-state index contributed by atoms with van der Waals surface area (Å²) in [6.07, 6.45) is 4.89. The third-order valence-electron chi connectivity index (χ3n) is 5.15. The average Bonchev–Trinajstić information content (AvgIpc) is 3.22. The van der Waals surface area contributed by atoms with E-state index >= 15 is 0 Å². The normalized spacial score (nSPS) is 16.5. The minimum Gasteiger partial charge on any atom is -0.481 e. The largest absolute Gasteiger partial charge is 0.481 e. The maximum absolute atomic E-state index is 13.8. The topological polar surface area (TPSA) is 55.6 Å². The molecule has 1 fully saturated rings. The molecule has 3 aromatic rings. The predicted octanol–water partition coefficient (Wildman–Crippen LogP) is 4.68. The summed E-state index contributed by atoms with van der Waals surface area (Å²) in [5.74, 6) is -0.736. The number of benzene rings is 2. The molecule has 1 aliphatic heterocycles. The van der Waals surface area contributed by atoms with Crippen LogP contribution in [-0.2, 0) is 11.2 Å². The summed E-state index contributed by atoms with van der Waals surface area (Å²) < 4.78 is 38.0. The van der Waals surface area contributed by atoms with Gasteiger partial charge < -0.3 is 14.1 Å². The molecule has 1 aliphatic rings. The SMILES string of the molecule is O=C(COc1ccc(F)cc1F)N1CCCCC1c1ncc(Cc2ccccc2)o1. The predicted molar refractivity (Wildman–Crippen MR) is 106 cm³/mol. The van der Waals surface area contributed by atoms with Crippen LogP contribution in [0.3, 0.4) is 0 Å². The number of carbonyl (C=O) groups is 1. The fraction of sp³-hybridized carbons (Fsp3) is 0.304. The van der Waals surface area contributed by atoms with Crippen LogP contribution in [-0.4, -0.2) is 28.9 Å². The summed E-state index contributed by atoms with van der Waals surface area (Å²) in [6.45, 7) is 0.214. The number of carbonyl (C=O) groups excluding carboxylic acids is 1. The molecule has 5 nitrogen and oxygen atoms in total. The van der Waals surface area contributed by atoms with E-state index < -0.39 is 11.6 Å². The summed E-state index contributed by atoms with van der Waals surface area (Å²) in [7, 11) is 0. The first-order valence-electron chi connectivity index (χ1n) is 9.96. The average molecular weight is 412 g/mol. The van der Waals surface area contributed by atoms with Crippen molar-refractivity contribution in [2.24, 2.45) is 0 Å². The number of piperidine rings is 1. The van der Waals surface area contributed by atoms with Gasteiger partial charge >= 0.3 is 0 Å². The van der Waals surface area contributed by atoms with Crippen LogP contribution in [0.4, 0.5) is 8.78 Å². The number of halogens is 2. The van der Waals surface area contributed by atoms with Crippen molar-refractivity contribution in [1.29, 1.82) is 0 Å². The number of aromatic nitrogens is 1. The molecular formula is C23H22F2N2O3. The molecule has 0 bridgehead atoms. The second-order valence-corrected chi connectivity index (χ2v) is 7.29. The van der Waals surface area contributed by atoms with E-state index in [-0.39, 0.29) is 24.3 Å². The van der Waals surface area contributed by atoms with Gasteiger partial charge in [-0.25, -0.2) is 13.8 Å². The van der Waals surface area contributed by atoms with Crippen molar-refractivity contribution in [2.45, 2.75) is 31.7 Å². The minimum atomic E-state index is -0.837. The standard InChI is InChI=1S/C23H22F2N2O3/c24-17-9-10-21(19(25)13-17)29-15-22(28)27-11-5-4-8-20(27)23-26-14-18(30-23)12-16-6-2-1-3-7-16/h1-3,6-7,9-10,13-14,20H,4-5,8,11-12,15H2. The van der Waals surface area contributed by atoms with Crippen molar-refractivity contribution in [2.75, 3.05) is 13.2 Å². The Bertz CT molecular complexity index is 1010. The monoisotopic (exact) mass is 412 g/mol. The van der Waals surface area contributed by atoms with Crippen LogP contribution in [0, 0.1) is 11.6 Å². The highest BCUT2D eigenvalue weighted by Crippen LogP contribution is 2.31. The highest BCUT2D eigenvalue weighted by molar-refractivity contribution is 5.78. The van der Waals surface area contributed by atoms with E-state index in [1.54, 1.807) is 11.1 Å². The fourth-order valence-corrected chi connectivity index (χ4v) is 3.66. The van der Waals surface area contributed by atoms with Crippen LogP contribution in [0.2, 0.25) is 0 Å². The lowest BCUT2D eigenvalue weighted by Gasteiger charge is -2.33. The Balaban J connectivity index is 1.43. The molecule has 1 saturated heterocycles. The Morgan fingerprint density at radius 1 is 1.17 bits per heavy atom. The van der Waals surface area contributed by atoms with Gasteiger partial charge in [0, 0.05) is 19.0 Å². The van der Waals surface area contributed by atoms with Crippen molar-refractivity contribution in [1.82, 2.24) is 9.88 Å². The van der Waals surface area contributed by atoms with Crippen molar-refractivity contribution in [3.05, 3.63) is 83.6 Å². The van der Waals surface area contributed by atoms with E-state index in [0.717, 1.165) is 42.7 Å². The molecule has 0 N–H and O–H groups in total. The molecule has 7 heteroatoms. The number of nitrogens with zero attached hydrogens (tertiary/aromatic N) is 2. The van der Waals surface area contributed by atoms with E-state index in [4.69, 9.17) is 9.15 Å². The van der Waals surface area contributed by atoms with Crippen LogP contribution >= 0.6 is 0 Å². The number of hydrogen-bond acceptors (Lipinski definition) is 4. The number of oxazole rings is 1. The highest BCUT2D eigenvalue weighted by atomic mass is 19.1. The fourth-order valence-electron chi connectivity index (χ4n) is 3.66. The Labute approximate surface area is 173 Å². The summed E-state index contributed by atoms with van der Waals surface area (Å²) in [5, 5.41) is 0. The Morgan fingerprint density at radius 3 is 2.80 bits per heavy atom. The third-order valence-corrected chi connectivity index (χ3v) is 5.15. The van der Waals surface area contributed by atoms with Gasteiger partial charge in [-0.1, -0.05) is 30.3 Å². The molecule has 0 radical (unpaired) electrons. The smallest absolute Gasteiger partial charge is 0.261 e. The van der Waals surface area contributed by atoms with Crippen LogP contribution in [0.5, 0.6) is 5.75 Å². The first kappa shape index (κ1) is 20.1. The van der Waals surface area contributed by atoms with Gasteiger partial charge in [0.25, 0.3) is 5.91 Å². The molecule has 1 aromatic heterocycles. The van der Waals surface area contributed by atoms with Crippen molar-refractivity contribution >= 4 is 5.91 Å². The first-order valence-corrected chi connectivity index (χ1v) is 9.96. The lowest BCUT2D eigenvalue weighted by molar-refractivity contribution is -0.137. The molecule has 2 aromatic carbocycles. The van der Waals surface area contributed by atoms with Crippen molar-refractivity contribution in [3.8, 4) is 5.75 Å². The number of amides is 1. The second kappa shape index (κ2) is 9.07. The van der Waals surface area contributed by atoms with Gasteiger partial charge in [0.2, 0.25) is 5.89 Å². The molecule has 2 heterocycles. The molecule has 4 rings (SSSR count). The molecule has 0 spiro atoms. The number of ether oxygens (including phenoxy) is 1. The second-order valence-electron chi connectivity index (χ2n) is 7.29. The molecule has 156 valence electrons. The molecule has 1 unspecified atom stereocenters. The van der Waals surface area contributed by atoms with Gasteiger partial charge in [0.15, 0.2) is 18.2 Å². The zero-order valence-corrected chi connectivity index (χ0v) is 16.4. The van der Waals surface area contributed by atoms with Gasteiger partial charge in [0.05, 0.1) is 6.20 Å². The van der Waals surface area contributed by atoms with Gasteiger partial charge in [-0.15, -0.1) is 0 Å². The molecule has 0 aliphatic carbocycles. The van der Waals surface area contributed by atoms with E-state index in [1.165, 1.54) is 6.07 Å². The summed E-state index contributed by atoms with van der Waals surface area (Å²) in [4.78, 5) is 18.8. The Hall–Kier alpha value is -3.22. The number of hydrogen-bond donors (Lipinski definition) is 0. The van der Waals surface area contributed by atoms with Crippen LogP contribution in [0.15, 0.2) is 59.1 Å². The lowest BCUT2D eigenvalue weighted by Crippen LogP contribution is -2.41. The van der Waals surface area contributed by atoms with E-state index in [1.807, 2.05) is 30.3 Å². The highest BCUT2D eigenvalue weighted by Gasteiger charge is 2.31. The third kappa shape index (κ3) is 4.67.